The number of benzene rings is 3. The third kappa shape index (κ3) is 3.90. The maximum Gasteiger partial charge on any atom is 0.159 e. The van der Waals surface area contributed by atoms with E-state index in [1.165, 1.54) is 6.07 Å². The average Bonchev–Trinajstić information content (AvgIpc) is 3.07. The van der Waals surface area contributed by atoms with Gasteiger partial charge in [0.05, 0.1) is 23.2 Å². The zero-order chi connectivity index (χ0) is 20.4. The maximum atomic E-state index is 13.5. The first kappa shape index (κ1) is 19.2. The number of imidazole rings is 1. The molecule has 0 aliphatic heterocycles. The summed E-state index contributed by atoms with van der Waals surface area (Å²) in [5.41, 5.74) is 3.19. The van der Waals surface area contributed by atoms with Crippen molar-refractivity contribution in [3.05, 3.63) is 101 Å². The minimum absolute atomic E-state index is 0.147. The van der Waals surface area contributed by atoms with E-state index in [2.05, 4.69) is 5.32 Å². The lowest BCUT2D eigenvalue weighted by molar-refractivity contribution is 0.170. The lowest BCUT2D eigenvalue weighted by Gasteiger charge is -2.21. The van der Waals surface area contributed by atoms with Crippen LogP contribution in [0.25, 0.3) is 11.0 Å². The van der Waals surface area contributed by atoms with Gasteiger partial charge in [-0.3, -0.25) is 0 Å². The van der Waals surface area contributed by atoms with Crippen LogP contribution in [-0.2, 0) is 7.05 Å². The summed E-state index contributed by atoms with van der Waals surface area (Å²) in [6, 6.07) is 20.8. The number of rotatable bonds is 6. The van der Waals surface area contributed by atoms with Crippen molar-refractivity contribution in [2.45, 2.75) is 12.1 Å². The van der Waals surface area contributed by atoms with Crippen molar-refractivity contribution >= 4 is 11.0 Å². The SMILES string of the molecule is Cn1c(C(NCC(O)c2ccc(F)c(F)c2)c2ccccc2)nc2ccccc21. The lowest BCUT2D eigenvalue weighted by atomic mass is 10.0. The highest BCUT2D eigenvalue weighted by atomic mass is 19.2. The van der Waals surface area contributed by atoms with Gasteiger partial charge in [-0.15, -0.1) is 0 Å². The van der Waals surface area contributed by atoms with Crippen LogP contribution in [0, 0.1) is 11.6 Å². The minimum Gasteiger partial charge on any atom is -0.387 e. The Morgan fingerprint density at radius 2 is 1.66 bits per heavy atom. The van der Waals surface area contributed by atoms with Gasteiger partial charge < -0.3 is 15.0 Å². The Bertz CT molecular complexity index is 1130. The van der Waals surface area contributed by atoms with E-state index in [4.69, 9.17) is 4.98 Å². The zero-order valence-corrected chi connectivity index (χ0v) is 15.9. The molecule has 2 N–H and O–H groups in total. The molecular weight excluding hydrogens is 372 g/mol. The fourth-order valence-electron chi connectivity index (χ4n) is 3.49. The van der Waals surface area contributed by atoms with E-state index in [-0.39, 0.29) is 12.6 Å². The van der Waals surface area contributed by atoms with E-state index in [1.54, 1.807) is 0 Å². The van der Waals surface area contributed by atoms with Crippen LogP contribution in [0.15, 0.2) is 72.8 Å². The molecular formula is C23H21F2N3O. The molecule has 0 aliphatic carbocycles. The van der Waals surface area contributed by atoms with Gasteiger partial charge in [-0.2, -0.15) is 0 Å². The van der Waals surface area contributed by atoms with Gasteiger partial charge in [0.25, 0.3) is 0 Å². The molecule has 2 atom stereocenters. The molecule has 3 aromatic carbocycles. The van der Waals surface area contributed by atoms with Crippen LogP contribution in [0.5, 0.6) is 0 Å². The average molecular weight is 393 g/mol. The topological polar surface area (TPSA) is 50.1 Å². The van der Waals surface area contributed by atoms with Crippen molar-refractivity contribution in [2.75, 3.05) is 6.54 Å². The third-order valence-electron chi connectivity index (χ3n) is 5.06. The van der Waals surface area contributed by atoms with Gasteiger partial charge in [-0.1, -0.05) is 48.5 Å². The van der Waals surface area contributed by atoms with Crippen LogP contribution in [0.1, 0.15) is 29.1 Å². The van der Waals surface area contributed by atoms with E-state index >= 15 is 0 Å². The summed E-state index contributed by atoms with van der Waals surface area (Å²) in [5.74, 6) is -1.11. The summed E-state index contributed by atoms with van der Waals surface area (Å²) in [7, 11) is 1.95. The minimum atomic E-state index is -0.994. The first-order chi connectivity index (χ1) is 14.0. The normalized spacial score (nSPS) is 13.5. The Hall–Kier alpha value is -3.09. The Morgan fingerprint density at radius 1 is 0.931 bits per heavy atom. The Labute approximate surface area is 167 Å². The van der Waals surface area contributed by atoms with Crippen molar-refractivity contribution in [1.29, 1.82) is 0 Å². The summed E-state index contributed by atoms with van der Waals surface area (Å²) in [6.07, 6.45) is -0.994. The standard InChI is InChI=1S/C23H21F2N3O/c1-28-20-10-6-5-9-19(20)27-23(28)22(15-7-3-2-4-8-15)26-14-21(29)16-11-12-17(24)18(25)13-16/h2-13,21-22,26,29H,14H2,1H3. The van der Waals surface area contributed by atoms with Crippen LogP contribution >= 0.6 is 0 Å². The first-order valence-electron chi connectivity index (χ1n) is 9.37. The number of nitrogens with one attached hydrogen (secondary N) is 1. The molecule has 0 saturated carbocycles. The molecule has 0 saturated heterocycles. The maximum absolute atomic E-state index is 13.5. The van der Waals surface area contributed by atoms with Crippen molar-refractivity contribution < 1.29 is 13.9 Å². The quantitative estimate of drug-likeness (QED) is 0.515. The highest BCUT2D eigenvalue weighted by Gasteiger charge is 2.22. The van der Waals surface area contributed by atoms with Crippen LogP contribution in [0.3, 0.4) is 0 Å². The molecule has 29 heavy (non-hydrogen) atoms. The predicted octanol–water partition coefficient (Wildman–Crippen LogP) is 4.26. The number of hydrogen-bond acceptors (Lipinski definition) is 3. The number of aliphatic hydroxyl groups excluding tert-OH is 1. The van der Waals surface area contributed by atoms with Gasteiger partial charge in [0.2, 0.25) is 0 Å². The lowest BCUT2D eigenvalue weighted by Crippen LogP contribution is -2.29. The summed E-state index contributed by atoms with van der Waals surface area (Å²) >= 11 is 0. The second kappa shape index (κ2) is 8.11. The van der Waals surface area contributed by atoms with E-state index in [0.29, 0.717) is 5.56 Å². The summed E-state index contributed by atoms with van der Waals surface area (Å²) in [4.78, 5) is 4.77. The molecule has 1 aromatic heterocycles. The number of nitrogens with zero attached hydrogens (tertiary/aromatic N) is 2. The van der Waals surface area contributed by atoms with Crippen LogP contribution in [0.4, 0.5) is 8.78 Å². The highest BCUT2D eigenvalue weighted by molar-refractivity contribution is 5.76. The van der Waals surface area contributed by atoms with Gasteiger partial charge in [0.1, 0.15) is 5.82 Å². The van der Waals surface area contributed by atoms with Gasteiger partial charge in [0.15, 0.2) is 11.6 Å². The van der Waals surface area contributed by atoms with Crippen LogP contribution in [-0.4, -0.2) is 21.2 Å². The molecule has 0 aliphatic rings. The molecule has 1 heterocycles. The van der Waals surface area contributed by atoms with Crippen molar-refractivity contribution in [3.8, 4) is 0 Å². The molecule has 0 bridgehead atoms. The monoisotopic (exact) mass is 393 g/mol. The molecule has 4 aromatic rings. The van der Waals surface area contributed by atoms with E-state index < -0.39 is 17.7 Å². The van der Waals surface area contributed by atoms with Gasteiger partial charge in [0, 0.05) is 13.6 Å². The zero-order valence-electron chi connectivity index (χ0n) is 15.9. The molecule has 6 heteroatoms. The predicted molar refractivity (Wildman–Crippen MR) is 108 cm³/mol. The summed E-state index contributed by atoms with van der Waals surface area (Å²) < 4.78 is 28.7. The largest absolute Gasteiger partial charge is 0.387 e. The second-order valence-electron chi connectivity index (χ2n) is 6.96. The molecule has 0 fully saturated rings. The fourth-order valence-corrected chi connectivity index (χ4v) is 3.49. The molecule has 0 radical (unpaired) electrons. The molecule has 0 amide bonds. The highest BCUT2D eigenvalue weighted by Crippen LogP contribution is 2.26. The fraction of sp³-hybridized carbons (Fsp3) is 0.174. The number of aryl methyl sites for hydroxylation is 1. The Kier molecular flexibility index (Phi) is 5.38. The molecule has 4 nitrogen and oxygen atoms in total. The van der Waals surface area contributed by atoms with Crippen LogP contribution < -0.4 is 5.32 Å². The smallest absolute Gasteiger partial charge is 0.159 e. The van der Waals surface area contributed by atoms with Crippen LogP contribution in [0.2, 0.25) is 0 Å². The van der Waals surface area contributed by atoms with E-state index in [9.17, 15) is 13.9 Å². The summed E-state index contributed by atoms with van der Waals surface area (Å²) in [6.45, 7) is 0.147. The molecule has 0 spiro atoms. The number of hydrogen-bond donors (Lipinski definition) is 2. The van der Waals surface area contributed by atoms with Crippen molar-refractivity contribution in [1.82, 2.24) is 14.9 Å². The van der Waals surface area contributed by atoms with Gasteiger partial charge in [-0.05, 0) is 35.4 Å². The third-order valence-corrected chi connectivity index (χ3v) is 5.06. The second-order valence-corrected chi connectivity index (χ2v) is 6.96. The van der Waals surface area contributed by atoms with Gasteiger partial charge >= 0.3 is 0 Å². The Morgan fingerprint density at radius 3 is 2.38 bits per heavy atom. The van der Waals surface area contributed by atoms with Crippen molar-refractivity contribution in [2.24, 2.45) is 7.05 Å². The van der Waals surface area contributed by atoms with Crippen molar-refractivity contribution in [3.63, 3.8) is 0 Å². The summed E-state index contributed by atoms with van der Waals surface area (Å²) in [5, 5.41) is 13.8. The molecule has 148 valence electrons. The van der Waals surface area contributed by atoms with E-state index in [0.717, 1.165) is 34.6 Å². The number of para-hydroxylation sites is 2. The first-order valence-corrected chi connectivity index (χ1v) is 9.37. The van der Waals surface area contributed by atoms with Gasteiger partial charge in [-0.25, -0.2) is 13.8 Å². The molecule has 2 unspecified atom stereocenters. The number of aliphatic hydroxyl groups is 1. The van der Waals surface area contributed by atoms with E-state index in [1.807, 2.05) is 66.2 Å². The number of fused-ring (bicyclic) bond motifs is 1. The number of aromatic nitrogens is 2. The molecule has 4 rings (SSSR count). The Balaban J connectivity index is 1.64. The number of halogens is 2.